The monoisotopic (exact) mass is 327 g/mol. The number of aromatic nitrogens is 1. The van der Waals surface area contributed by atoms with Gasteiger partial charge in [0.1, 0.15) is 12.0 Å². The molecule has 19 heavy (non-hydrogen) atoms. The second-order valence-electron chi connectivity index (χ2n) is 5.35. The molecule has 0 aliphatic heterocycles. The van der Waals surface area contributed by atoms with E-state index in [0.717, 1.165) is 12.5 Å². The van der Waals surface area contributed by atoms with Gasteiger partial charge in [-0.1, -0.05) is 13.3 Å². The molecule has 1 heterocycles. The standard InChI is InChI=1S/C13H18BrN3O2/c1-8-3-4-10(5-8)6-15-13-12(14)9(2)11(7-16-13)17(18)19/h7-8,10H,3-6H2,1-2H3,(H,15,16). The van der Waals surface area contributed by atoms with Crippen molar-refractivity contribution in [3.8, 4) is 0 Å². The molecule has 0 aromatic carbocycles. The van der Waals surface area contributed by atoms with Gasteiger partial charge in [0.05, 0.1) is 9.40 Å². The van der Waals surface area contributed by atoms with Crippen molar-refractivity contribution < 1.29 is 4.92 Å². The first kappa shape index (κ1) is 14.2. The highest BCUT2D eigenvalue weighted by Crippen LogP contribution is 2.33. The number of anilines is 1. The molecule has 1 aliphatic rings. The number of nitro groups is 1. The molecule has 0 bridgehead atoms. The Balaban J connectivity index is 2.05. The maximum atomic E-state index is 10.8. The van der Waals surface area contributed by atoms with Crippen LogP contribution < -0.4 is 5.32 Å². The molecule has 6 heteroatoms. The lowest BCUT2D eigenvalue weighted by Gasteiger charge is -2.13. The highest BCUT2D eigenvalue weighted by atomic mass is 79.9. The molecule has 0 spiro atoms. The highest BCUT2D eigenvalue weighted by molar-refractivity contribution is 9.10. The van der Waals surface area contributed by atoms with Gasteiger partial charge in [-0.3, -0.25) is 10.1 Å². The molecule has 1 fully saturated rings. The Labute approximate surface area is 121 Å². The van der Waals surface area contributed by atoms with Gasteiger partial charge in [0.2, 0.25) is 0 Å². The topological polar surface area (TPSA) is 68.1 Å². The lowest BCUT2D eigenvalue weighted by atomic mass is 10.1. The molecule has 2 unspecified atom stereocenters. The molecule has 1 aliphatic carbocycles. The molecule has 0 amide bonds. The van der Waals surface area contributed by atoms with Gasteiger partial charge in [-0.05, 0) is 47.5 Å². The molecule has 5 nitrogen and oxygen atoms in total. The van der Waals surface area contributed by atoms with Crippen LogP contribution in [0.2, 0.25) is 0 Å². The van der Waals surface area contributed by atoms with Gasteiger partial charge < -0.3 is 5.32 Å². The van der Waals surface area contributed by atoms with Crippen LogP contribution in [-0.4, -0.2) is 16.5 Å². The summed E-state index contributed by atoms with van der Waals surface area (Å²) in [6.45, 7) is 4.89. The van der Waals surface area contributed by atoms with Gasteiger partial charge in [0.25, 0.3) is 5.69 Å². The summed E-state index contributed by atoms with van der Waals surface area (Å²) >= 11 is 3.39. The minimum atomic E-state index is -0.407. The minimum absolute atomic E-state index is 0.0481. The largest absolute Gasteiger partial charge is 0.369 e. The van der Waals surface area contributed by atoms with Crippen LogP contribution in [0.15, 0.2) is 10.7 Å². The van der Waals surface area contributed by atoms with E-state index in [9.17, 15) is 10.1 Å². The van der Waals surface area contributed by atoms with Gasteiger partial charge in [-0.25, -0.2) is 4.98 Å². The van der Waals surface area contributed by atoms with E-state index in [-0.39, 0.29) is 5.69 Å². The zero-order valence-electron chi connectivity index (χ0n) is 11.1. The van der Waals surface area contributed by atoms with Crippen molar-refractivity contribution in [2.75, 3.05) is 11.9 Å². The zero-order valence-corrected chi connectivity index (χ0v) is 12.7. The fourth-order valence-corrected chi connectivity index (χ4v) is 3.07. The minimum Gasteiger partial charge on any atom is -0.369 e. The fraction of sp³-hybridized carbons (Fsp3) is 0.615. The van der Waals surface area contributed by atoms with Gasteiger partial charge in [-0.2, -0.15) is 0 Å². The van der Waals surface area contributed by atoms with Crippen molar-refractivity contribution in [2.45, 2.75) is 33.1 Å². The summed E-state index contributed by atoms with van der Waals surface area (Å²) in [7, 11) is 0. The van der Waals surface area contributed by atoms with Crippen molar-refractivity contribution in [3.05, 3.63) is 26.3 Å². The number of hydrogen-bond acceptors (Lipinski definition) is 4. The number of hydrogen-bond donors (Lipinski definition) is 1. The van der Waals surface area contributed by atoms with Crippen LogP contribution in [0.25, 0.3) is 0 Å². The van der Waals surface area contributed by atoms with Gasteiger partial charge >= 0.3 is 0 Å². The third-order valence-corrected chi connectivity index (χ3v) is 4.77. The summed E-state index contributed by atoms with van der Waals surface area (Å²) in [4.78, 5) is 14.5. The van der Waals surface area contributed by atoms with Crippen LogP contribution in [0.4, 0.5) is 11.5 Å². The van der Waals surface area contributed by atoms with Crippen LogP contribution in [-0.2, 0) is 0 Å². The predicted molar refractivity (Wildman–Crippen MR) is 78.3 cm³/mol. The molecule has 0 saturated heterocycles. The van der Waals surface area contributed by atoms with Crippen molar-refractivity contribution >= 4 is 27.4 Å². The Morgan fingerprint density at radius 1 is 1.58 bits per heavy atom. The quantitative estimate of drug-likeness (QED) is 0.672. The Morgan fingerprint density at radius 2 is 2.32 bits per heavy atom. The van der Waals surface area contributed by atoms with E-state index in [0.29, 0.717) is 21.8 Å². The first-order valence-corrected chi connectivity index (χ1v) is 7.31. The van der Waals surface area contributed by atoms with Crippen molar-refractivity contribution in [1.29, 1.82) is 0 Å². The lowest BCUT2D eigenvalue weighted by Crippen LogP contribution is -2.13. The Hall–Kier alpha value is -1.17. The molecule has 2 atom stereocenters. The molecule has 1 aromatic rings. The zero-order chi connectivity index (χ0) is 14.0. The maximum absolute atomic E-state index is 10.8. The van der Waals surface area contributed by atoms with E-state index in [1.54, 1.807) is 6.92 Å². The Morgan fingerprint density at radius 3 is 2.89 bits per heavy atom. The highest BCUT2D eigenvalue weighted by Gasteiger charge is 2.22. The molecular weight excluding hydrogens is 310 g/mol. The SMILES string of the molecule is Cc1c([N+](=O)[O-])cnc(NCC2CCC(C)C2)c1Br. The Kier molecular flexibility index (Phi) is 4.39. The van der Waals surface area contributed by atoms with E-state index < -0.39 is 4.92 Å². The molecule has 1 saturated carbocycles. The average molecular weight is 328 g/mol. The third kappa shape index (κ3) is 3.23. The first-order chi connectivity index (χ1) is 8.99. The molecular formula is C13H18BrN3O2. The summed E-state index contributed by atoms with van der Waals surface area (Å²) in [5, 5.41) is 14.1. The van der Waals surface area contributed by atoms with Crippen molar-refractivity contribution in [3.63, 3.8) is 0 Å². The molecule has 2 rings (SSSR count). The summed E-state index contributed by atoms with van der Waals surface area (Å²) in [5.74, 6) is 2.18. The molecule has 1 N–H and O–H groups in total. The third-order valence-electron chi connectivity index (χ3n) is 3.80. The van der Waals surface area contributed by atoms with Crippen LogP contribution >= 0.6 is 15.9 Å². The second kappa shape index (κ2) is 5.86. The summed E-state index contributed by atoms with van der Waals surface area (Å²) in [6, 6.07) is 0. The second-order valence-corrected chi connectivity index (χ2v) is 6.15. The Bertz CT molecular complexity index is 493. The molecule has 1 aromatic heterocycles. The van der Waals surface area contributed by atoms with Crippen molar-refractivity contribution in [1.82, 2.24) is 4.98 Å². The maximum Gasteiger partial charge on any atom is 0.291 e. The average Bonchev–Trinajstić information content (AvgIpc) is 2.76. The van der Waals surface area contributed by atoms with E-state index in [1.807, 2.05) is 0 Å². The van der Waals surface area contributed by atoms with Crippen molar-refractivity contribution in [2.24, 2.45) is 11.8 Å². The predicted octanol–water partition coefficient (Wildman–Crippen LogP) is 3.91. The fourth-order valence-electron chi connectivity index (χ4n) is 2.63. The van der Waals surface area contributed by atoms with Crippen LogP contribution in [0.3, 0.4) is 0 Å². The van der Waals surface area contributed by atoms with E-state index in [1.165, 1.54) is 25.5 Å². The number of halogens is 1. The summed E-state index contributed by atoms with van der Waals surface area (Å²) < 4.78 is 0.688. The summed E-state index contributed by atoms with van der Waals surface area (Å²) in [6.07, 6.45) is 5.11. The summed E-state index contributed by atoms with van der Waals surface area (Å²) in [5.41, 5.74) is 0.661. The van der Waals surface area contributed by atoms with E-state index >= 15 is 0 Å². The van der Waals surface area contributed by atoms with Gasteiger partial charge in [0, 0.05) is 12.1 Å². The van der Waals surface area contributed by atoms with Crippen LogP contribution in [0.5, 0.6) is 0 Å². The lowest BCUT2D eigenvalue weighted by molar-refractivity contribution is -0.385. The van der Waals surface area contributed by atoms with E-state index in [4.69, 9.17) is 0 Å². The molecule has 104 valence electrons. The number of nitrogens with one attached hydrogen (secondary N) is 1. The molecule has 0 radical (unpaired) electrons. The smallest absolute Gasteiger partial charge is 0.291 e. The number of rotatable bonds is 4. The van der Waals surface area contributed by atoms with Gasteiger partial charge in [-0.15, -0.1) is 0 Å². The van der Waals surface area contributed by atoms with Crippen LogP contribution in [0, 0.1) is 28.9 Å². The van der Waals surface area contributed by atoms with E-state index in [2.05, 4.69) is 33.2 Å². The number of pyridine rings is 1. The first-order valence-electron chi connectivity index (χ1n) is 6.52. The van der Waals surface area contributed by atoms with Crippen LogP contribution in [0.1, 0.15) is 31.7 Å². The normalized spacial score (nSPS) is 22.5. The number of nitrogens with zero attached hydrogens (tertiary/aromatic N) is 2. The van der Waals surface area contributed by atoms with Gasteiger partial charge in [0.15, 0.2) is 0 Å².